The van der Waals surface area contributed by atoms with Gasteiger partial charge in [-0.05, 0) is 25.1 Å². The van der Waals surface area contributed by atoms with Crippen LogP contribution in [0, 0.1) is 6.92 Å². The molecule has 0 bridgehead atoms. The normalized spacial score (nSPS) is 17.3. The smallest absolute Gasteiger partial charge is 0.339 e. The fraction of sp³-hybridized carbons (Fsp3) is 0.261. The monoisotopic (exact) mass is 387 g/mol. The number of hydrogen-bond acceptors (Lipinski definition) is 4. The Bertz CT molecular complexity index is 1100. The summed E-state index contributed by atoms with van der Waals surface area (Å²) in [6, 6.07) is 17.3. The minimum atomic E-state index is -0.603. The summed E-state index contributed by atoms with van der Waals surface area (Å²) in [5.41, 5.74) is 3.34. The number of ether oxygens (including phenoxy) is 1. The van der Waals surface area contributed by atoms with Gasteiger partial charge < -0.3 is 9.64 Å². The van der Waals surface area contributed by atoms with Crippen molar-refractivity contribution in [1.29, 1.82) is 0 Å². The number of carbonyl (C=O) groups excluding carboxylic acids is 2. The number of para-hydroxylation sites is 1. The van der Waals surface area contributed by atoms with Crippen molar-refractivity contribution in [2.45, 2.75) is 25.4 Å². The second-order valence-electron chi connectivity index (χ2n) is 7.61. The number of aromatic nitrogens is 2. The Balaban J connectivity index is 1.36. The lowest BCUT2D eigenvalue weighted by Gasteiger charge is -2.38. The standard InChI is InChI=1S/C23H21N3O3/c1-16-19(15-24-26(16)17-7-3-2-4-8-17)21(27)25-13-11-23(12-14-25)20-10-6-5-9-18(20)22(28)29-23/h2-10,15H,11-14H2,1H3. The van der Waals surface area contributed by atoms with Crippen molar-refractivity contribution in [3.63, 3.8) is 0 Å². The van der Waals surface area contributed by atoms with Crippen LogP contribution in [0.15, 0.2) is 60.8 Å². The zero-order valence-corrected chi connectivity index (χ0v) is 16.2. The van der Waals surface area contributed by atoms with Crippen molar-refractivity contribution in [2.24, 2.45) is 0 Å². The van der Waals surface area contributed by atoms with Gasteiger partial charge in [-0.1, -0.05) is 36.4 Å². The maximum atomic E-state index is 13.1. The van der Waals surface area contributed by atoms with Crippen LogP contribution in [0.2, 0.25) is 0 Å². The number of esters is 1. The Labute approximate surface area is 168 Å². The molecule has 6 nitrogen and oxygen atoms in total. The minimum absolute atomic E-state index is 0.0304. The first-order chi connectivity index (χ1) is 14.1. The van der Waals surface area contributed by atoms with Gasteiger partial charge in [-0.25, -0.2) is 9.48 Å². The third-order valence-electron chi connectivity index (χ3n) is 6.03. The van der Waals surface area contributed by atoms with E-state index in [1.807, 2.05) is 66.4 Å². The summed E-state index contributed by atoms with van der Waals surface area (Å²) >= 11 is 0. The molecule has 3 heterocycles. The van der Waals surface area contributed by atoms with Gasteiger partial charge in [0.2, 0.25) is 0 Å². The number of piperidine rings is 1. The second kappa shape index (κ2) is 6.58. The molecule has 0 saturated carbocycles. The van der Waals surface area contributed by atoms with E-state index in [1.54, 1.807) is 10.9 Å². The molecular formula is C23H21N3O3. The summed E-state index contributed by atoms with van der Waals surface area (Å²) in [4.78, 5) is 27.2. The Morgan fingerprint density at radius 3 is 2.48 bits per heavy atom. The van der Waals surface area contributed by atoms with E-state index in [2.05, 4.69) is 5.10 Å². The van der Waals surface area contributed by atoms with Gasteiger partial charge in [0.25, 0.3) is 5.91 Å². The lowest BCUT2D eigenvalue weighted by molar-refractivity contribution is -0.0389. The lowest BCUT2D eigenvalue weighted by Crippen LogP contribution is -2.45. The van der Waals surface area contributed by atoms with E-state index in [4.69, 9.17) is 4.74 Å². The maximum Gasteiger partial charge on any atom is 0.339 e. The molecule has 146 valence electrons. The average molecular weight is 387 g/mol. The number of amides is 1. The van der Waals surface area contributed by atoms with Crippen LogP contribution < -0.4 is 0 Å². The Morgan fingerprint density at radius 2 is 1.72 bits per heavy atom. The lowest BCUT2D eigenvalue weighted by atomic mass is 9.83. The third-order valence-corrected chi connectivity index (χ3v) is 6.03. The molecule has 1 saturated heterocycles. The number of rotatable bonds is 2. The molecule has 0 radical (unpaired) electrons. The molecule has 0 unspecified atom stereocenters. The summed E-state index contributed by atoms with van der Waals surface area (Å²) < 4.78 is 7.57. The molecule has 2 aliphatic rings. The van der Waals surface area contributed by atoms with E-state index in [1.165, 1.54) is 0 Å². The van der Waals surface area contributed by atoms with Crippen LogP contribution in [0.25, 0.3) is 5.69 Å². The molecule has 3 aromatic rings. The van der Waals surface area contributed by atoms with E-state index in [0.717, 1.165) is 16.9 Å². The first-order valence-corrected chi connectivity index (χ1v) is 9.81. The van der Waals surface area contributed by atoms with E-state index >= 15 is 0 Å². The molecule has 1 aromatic heterocycles. The maximum absolute atomic E-state index is 13.1. The van der Waals surface area contributed by atoms with Crippen molar-refractivity contribution in [3.8, 4) is 5.69 Å². The highest BCUT2D eigenvalue weighted by molar-refractivity contribution is 5.96. The molecule has 29 heavy (non-hydrogen) atoms. The van der Waals surface area contributed by atoms with E-state index in [0.29, 0.717) is 37.1 Å². The molecule has 0 aliphatic carbocycles. The van der Waals surface area contributed by atoms with Crippen LogP contribution in [0.5, 0.6) is 0 Å². The van der Waals surface area contributed by atoms with Crippen molar-refractivity contribution < 1.29 is 14.3 Å². The van der Waals surface area contributed by atoms with Crippen LogP contribution in [-0.2, 0) is 10.3 Å². The highest BCUT2D eigenvalue weighted by atomic mass is 16.6. The highest BCUT2D eigenvalue weighted by Crippen LogP contribution is 2.44. The Morgan fingerprint density at radius 1 is 1.03 bits per heavy atom. The average Bonchev–Trinajstić information content (AvgIpc) is 3.27. The molecule has 1 spiro atoms. The first-order valence-electron chi connectivity index (χ1n) is 9.81. The first kappa shape index (κ1) is 17.7. The zero-order valence-electron chi connectivity index (χ0n) is 16.2. The largest absolute Gasteiger partial charge is 0.450 e. The predicted octanol–water partition coefficient (Wildman–Crippen LogP) is 3.48. The van der Waals surface area contributed by atoms with Crippen LogP contribution in [0.4, 0.5) is 0 Å². The summed E-state index contributed by atoms with van der Waals surface area (Å²) in [5, 5.41) is 4.41. The number of fused-ring (bicyclic) bond motifs is 2. The third kappa shape index (κ3) is 2.75. The fourth-order valence-electron chi connectivity index (χ4n) is 4.41. The van der Waals surface area contributed by atoms with Crippen molar-refractivity contribution in [3.05, 3.63) is 83.2 Å². The molecule has 2 aromatic carbocycles. The molecule has 1 fully saturated rings. The summed E-state index contributed by atoms with van der Waals surface area (Å²) in [5.74, 6) is -0.294. The van der Waals surface area contributed by atoms with E-state index < -0.39 is 5.60 Å². The number of nitrogens with zero attached hydrogens (tertiary/aromatic N) is 3. The van der Waals surface area contributed by atoms with E-state index in [9.17, 15) is 9.59 Å². The highest BCUT2D eigenvalue weighted by Gasteiger charge is 2.47. The van der Waals surface area contributed by atoms with Gasteiger partial charge >= 0.3 is 5.97 Å². The van der Waals surface area contributed by atoms with Crippen molar-refractivity contribution in [2.75, 3.05) is 13.1 Å². The van der Waals surface area contributed by atoms with Gasteiger partial charge in [-0.3, -0.25) is 4.79 Å². The van der Waals surface area contributed by atoms with Gasteiger partial charge in [0.05, 0.1) is 28.7 Å². The number of likely N-dealkylation sites (tertiary alicyclic amines) is 1. The fourth-order valence-corrected chi connectivity index (χ4v) is 4.41. The number of carbonyl (C=O) groups is 2. The quantitative estimate of drug-likeness (QED) is 0.632. The molecule has 5 rings (SSSR count). The molecule has 0 N–H and O–H groups in total. The minimum Gasteiger partial charge on any atom is -0.450 e. The van der Waals surface area contributed by atoms with E-state index in [-0.39, 0.29) is 11.9 Å². The predicted molar refractivity (Wildman–Crippen MR) is 107 cm³/mol. The van der Waals surface area contributed by atoms with Gasteiger partial charge in [-0.2, -0.15) is 5.10 Å². The van der Waals surface area contributed by atoms with Gasteiger partial charge in [0.15, 0.2) is 0 Å². The summed E-state index contributed by atoms with van der Waals surface area (Å²) in [6.07, 6.45) is 2.85. The zero-order chi connectivity index (χ0) is 20.0. The Hall–Kier alpha value is -3.41. The SMILES string of the molecule is Cc1c(C(=O)N2CCC3(CC2)OC(=O)c2ccccc23)cnn1-c1ccccc1. The topological polar surface area (TPSA) is 64.4 Å². The number of benzene rings is 2. The van der Waals surface area contributed by atoms with Gasteiger partial charge in [0, 0.05) is 31.5 Å². The summed E-state index contributed by atoms with van der Waals surface area (Å²) in [7, 11) is 0. The van der Waals surface area contributed by atoms with Crippen LogP contribution in [0.1, 0.15) is 44.8 Å². The van der Waals surface area contributed by atoms with Gasteiger partial charge in [-0.15, -0.1) is 0 Å². The second-order valence-corrected chi connectivity index (χ2v) is 7.61. The van der Waals surface area contributed by atoms with Gasteiger partial charge in [0.1, 0.15) is 5.60 Å². The van der Waals surface area contributed by atoms with Crippen molar-refractivity contribution in [1.82, 2.24) is 14.7 Å². The van der Waals surface area contributed by atoms with Crippen LogP contribution >= 0.6 is 0 Å². The molecular weight excluding hydrogens is 366 g/mol. The van der Waals surface area contributed by atoms with Crippen molar-refractivity contribution >= 4 is 11.9 Å². The Kier molecular flexibility index (Phi) is 4.01. The summed E-state index contributed by atoms with van der Waals surface area (Å²) in [6.45, 7) is 2.99. The van der Waals surface area contributed by atoms with Crippen LogP contribution in [-0.4, -0.2) is 39.6 Å². The number of hydrogen-bond donors (Lipinski definition) is 0. The molecule has 6 heteroatoms. The molecule has 1 amide bonds. The molecule has 0 atom stereocenters. The van der Waals surface area contributed by atoms with Crippen LogP contribution in [0.3, 0.4) is 0 Å². The molecule has 2 aliphatic heterocycles.